The lowest BCUT2D eigenvalue weighted by Crippen LogP contribution is -2.46. The van der Waals surface area contributed by atoms with E-state index >= 15 is 0 Å². The zero-order valence-corrected chi connectivity index (χ0v) is 14.0. The van der Waals surface area contributed by atoms with Gasteiger partial charge in [-0.15, -0.1) is 0 Å². The van der Waals surface area contributed by atoms with E-state index in [0.29, 0.717) is 18.6 Å². The number of hydrogen-bond donors (Lipinski definition) is 1. The largest absolute Gasteiger partial charge is 0.348 e. The second-order valence-electron chi connectivity index (χ2n) is 6.65. The number of rotatable bonds is 3. The summed E-state index contributed by atoms with van der Waals surface area (Å²) in [6.07, 6.45) is 6.39. The van der Waals surface area contributed by atoms with Crippen LogP contribution in [0.15, 0.2) is 5.10 Å². The summed E-state index contributed by atoms with van der Waals surface area (Å²) in [6, 6.07) is -0.234. The van der Waals surface area contributed by atoms with Crippen LogP contribution < -0.4 is 5.32 Å². The quantitative estimate of drug-likeness (QED) is 0.813. The van der Waals surface area contributed by atoms with Crippen molar-refractivity contribution in [3.63, 3.8) is 0 Å². The lowest BCUT2D eigenvalue weighted by atomic mass is 9.95. The Labute approximate surface area is 136 Å². The predicted molar refractivity (Wildman–Crippen MR) is 85.6 cm³/mol. The second-order valence-corrected chi connectivity index (χ2v) is 8.88. The SMILES string of the molecule is O=C(NC1CCCCC1)C1=NN([C@@H]2CCS(=O)(=O)C2)C(=O)CC1. The van der Waals surface area contributed by atoms with Gasteiger partial charge in [0.2, 0.25) is 5.91 Å². The van der Waals surface area contributed by atoms with Crippen LogP contribution >= 0.6 is 0 Å². The molecule has 3 aliphatic rings. The molecule has 2 fully saturated rings. The molecule has 128 valence electrons. The normalized spacial score (nSPS) is 28.5. The molecule has 1 saturated carbocycles. The molecule has 8 heteroatoms. The fraction of sp³-hybridized carbons (Fsp3) is 0.800. The molecule has 2 heterocycles. The number of amides is 2. The van der Waals surface area contributed by atoms with Crippen LogP contribution in [0.2, 0.25) is 0 Å². The number of nitrogens with zero attached hydrogens (tertiary/aromatic N) is 2. The summed E-state index contributed by atoms with van der Waals surface area (Å²) in [7, 11) is -3.09. The first-order valence-electron chi connectivity index (χ1n) is 8.35. The molecule has 7 nitrogen and oxygen atoms in total. The van der Waals surface area contributed by atoms with Crippen LogP contribution in [-0.2, 0) is 19.4 Å². The Bertz CT molecular complexity index is 623. The highest BCUT2D eigenvalue weighted by Crippen LogP contribution is 2.22. The van der Waals surface area contributed by atoms with Gasteiger partial charge in [0, 0.05) is 18.9 Å². The number of sulfone groups is 1. The summed E-state index contributed by atoms with van der Waals surface area (Å²) in [5.41, 5.74) is 0.347. The van der Waals surface area contributed by atoms with Gasteiger partial charge in [-0.05, 0) is 19.3 Å². The molecule has 0 bridgehead atoms. The topological polar surface area (TPSA) is 95.9 Å². The van der Waals surface area contributed by atoms with Gasteiger partial charge in [0.15, 0.2) is 9.84 Å². The first-order valence-corrected chi connectivity index (χ1v) is 10.2. The van der Waals surface area contributed by atoms with Gasteiger partial charge in [0.1, 0.15) is 5.71 Å². The zero-order chi connectivity index (χ0) is 16.4. The fourth-order valence-corrected chi connectivity index (χ4v) is 5.20. The van der Waals surface area contributed by atoms with E-state index in [0.717, 1.165) is 25.7 Å². The van der Waals surface area contributed by atoms with E-state index in [4.69, 9.17) is 0 Å². The van der Waals surface area contributed by atoms with Gasteiger partial charge in [-0.2, -0.15) is 5.10 Å². The molecule has 0 aromatic carbocycles. The van der Waals surface area contributed by atoms with E-state index in [1.54, 1.807) is 0 Å². The van der Waals surface area contributed by atoms with Crippen molar-refractivity contribution in [1.29, 1.82) is 0 Å². The summed E-state index contributed by atoms with van der Waals surface area (Å²) in [5.74, 6) is -0.378. The van der Waals surface area contributed by atoms with Gasteiger partial charge >= 0.3 is 0 Å². The first kappa shape index (κ1) is 16.4. The summed E-state index contributed by atoms with van der Waals surface area (Å²) in [5, 5.41) is 8.44. The maximum Gasteiger partial charge on any atom is 0.267 e. The van der Waals surface area contributed by atoms with Gasteiger partial charge in [-0.1, -0.05) is 19.3 Å². The minimum absolute atomic E-state index is 0.0558. The van der Waals surface area contributed by atoms with Crippen LogP contribution in [0.25, 0.3) is 0 Å². The number of hydrogen-bond acceptors (Lipinski definition) is 5. The molecule has 1 aliphatic carbocycles. The highest BCUT2D eigenvalue weighted by Gasteiger charge is 2.37. The average molecular weight is 341 g/mol. The fourth-order valence-electron chi connectivity index (χ4n) is 3.50. The van der Waals surface area contributed by atoms with E-state index in [1.165, 1.54) is 11.4 Å². The van der Waals surface area contributed by atoms with Crippen molar-refractivity contribution >= 4 is 27.4 Å². The molecule has 0 unspecified atom stereocenters. The van der Waals surface area contributed by atoms with Crippen LogP contribution in [0, 0.1) is 0 Å². The minimum Gasteiger partial charge on any atom is -0.348 e. The van der Waals surface area contributed by atoms with E-state index in [2.05, 4.69) is 10.4 Å². The van der Waals surface area contributed by atoms with Crippen LogP contribution in [-0.4, -0.2) is 54.5 Å². The Morgan fingerprint density at radius 3 is 2.52 bits per heavy atom. The lowest BCUT2D eigenvalue weighted by Gasteiger charge is -2.28. The Balaban J connectivity index is 1.68. The minimum atomic E-state index is -3.09. The molecule has 0 radical (unpaired) electrons. The van der Waals surface area contributed by atoms with E-state index in [1.807, 2.05) is 0 Å². The van der Waals surface area contributed by atoms with Crippen molar-refractivity contribution in [2.75, 3.05) is 11.5 Å². The summed E-state index contributed by atoms with van der Waals surface area (Å²) >= 11 is 0. The van der Waals surface area contributed by atoms with Crippen molar-refractivity contribution in [3.05, 3.63) is 0 Å². The van der Waals surface area contributed by atoms with Crippen LogP contribution in [0.4, 0.5) is 0 Å². The van der Waals surface area contributed by atoms with Gasteiger partial charge in [-0.3, -0.25) is 9.59 Å². The van der Waals surface area contributed by atoms with E-state index in [9.17, 15) is 18.0 Å². The van der Waals surface area contributed by atoms with Gasteiger partial charge < -0.3 is 5.32 Å². The standard InChI is InChI=1S/C15H23N3O4S/c19-14-7-6-13(15(20)16-11-4-2-1-3-5-11)17-18(14)12-8-9-23(21,22)10-12/h11-12H,1-10H2,(H,16,20)/t12-/m1/s1. The number of nitrogens with one attached hydrogen (secondary N) is 1. The van der Waals surface area contributed by atoms with Crippen molar-refractivity contribution in [1.82, 2.24) is 10.3 Å². The third-order valence-corrected chi connectivity index (χ3v) is 6.57. The molecule has 0 aromatic rings. The molecule has 1 atom stereocenters. The molecule has 3 rings (SSSR count). The summed E-state index contributed by atoms with van der Waals surface area (Å²) < 4.78 is 23.2. The number of carbonyl (C=O) groups excluding carboxylic acids is 2. The summed E-state index contributed by atoms with van der Waals surface area (Å²) in [4.78, 5) is 24.4. The third-order valence-electron chi connectivity index (χ3n) is 4.82. The molecule has 2 aliphatic heterocycles. The molecule has 0 spiro atoms. The molecular weight excluding hydrogens is 318 g/mol. The molecule has 23 heavy (non-hydrogen) atoms. The van der Waals surface area contributed by atoms with Gasteiger partial charge in [0.25, 0.3) is 5.91 Å². The predicted octanol–water partition coefficient (Wildman–Crippen LogP) is 0.601. The maximum atomic E-state index is 12.4. The Morgan fingerprint density at radius 1 is 1.13 bits per heavy atom. The van der Waals surface area contributed by atoms with Crippen molar-refractivity contribution in [2.24, 2.45) is 5.10 Å². The average Bonchev–Trinajstić information content (AvgIpc) is 2.88. The van der Waals surface area contributed by atoms with Crippen LogP contribution in [0.5, 0.6) is 0 Å². The molecule has 2 amide bonds. The van der Waals surface area contributed by atoms with Crippen LogP contribution in [0.3, 0.4) is 0 Å². The van der Waals surface area contributed by atoms with E-state index in [-0.39, 0.29) is 35.8 Å². The lowest BCUT2D eigenvalue weighted by molar-refractivity contribution is -0.133. The number of carbonyl (C=O) groups is 2. The Hall–Kier alpha value is -1.44. The molecule has 1 N–H and O–H groups in total. The van der Waals surface area contributed by atoms with Gasteiger partial charge in [-0.25, -0.2) is 13.4 Å². The molecule has 1 saturated heterocycles. The Kier molecular flexibility index (Phi) is 4.70. The first-order chi connectivity index (χ1) is 10.9. The second kappa shape index (κ2) is 6.59. The monoisotopic (exact) mass is 341 g/mol. The molecular formula is C15H23N3O4S. The zero-order valence-electron chi connectivity index (χ0n) is 13.2. The van der Waals surface area contributed by atoms with Crippen LogP contribution in [0.1, 0.15) is 51.4 Å². The maximum absolute atomic E-state index is 12.4. The molecule has 0 aromatic heterocycles. The number of hydrazone groups is 1. The highest BCUT2D eigenvalue weighted by atomic mass is 32.2. The van der Waals surface area contributed by atoms with E-state index < -0.39 is 15.9 Å². The van der Waals surface area contributed by atoms with Gasteiger partial charge in [0.05, 0.1) is 17.5 Å². The smallest absolute Gasteiger partial charge is 0.267 e. The van der Waals surface area contributed by atoms with Crippen molar-refractivity contribution in [2.45, 2.75) is 63.5 Å². The van der Waals surface area contributed by atoms with Crippen molar-refractivity contribution in [3.8, 4) is 0 Å². The Morgan fingerprint density at radius 2 is 1.87 bits per heavy atom. The summed E-state index contributed by atoms with van der Waals surface area (Å²) in [6.45, 7) is 0. The van der Waals surface area contributed by atoms with Crippen molar-refractivity contribution < 1.29 is 18.0 Å². The third kappa shape index (κ3) is 3.91. The highest BCUT2D eigenvalue weighted by molar-refractivity contribution is 7.91.